The van der Waals surface area contributed by atoms with Crippen molar-refractivity contribution >= 4 is 32.6 Å². The lowest BCUT2D eigenvalue weighted by Gasteiger charge is -2.17. The summed E-state index contributed by atoms with van der Waals surface area (Å²) in [5.41, 5.74) is 12.8. The van der Waals surface area contributed by atoms with Crippen LogP contribution >= 0.6 is 0 Å². The van der Waals surface area contributed by atoms with E-state index in [1.807, 2.05) is 6.07 Å². The molecule has 0 saturated heterocycles. The van der Waals surface area contributed by atoms with E-state index < -0.39 is 0 Å². The molecule has 2 heterocycles. The summed E-state index contributed by atoms with van der Waals surface area (Å²) in [7, 11) is 0. The standard InChI is InChI=1S/C55H36N4/c1-3-16-37(17-4-1)41-22-15-23-42(34-41)46-33-32-44(36-52(46)59-50-28-13-11-25-47(50)48-26-12-14-29-51(48)59)54-56-53(43-31-30-38-18-7-8-21-40(38)35-43)57-55(58-54)49-27-10-9-24-45(49)39-19-5-2-6-20-39/h1-36H. The molecule has 4 heteroatoms. The van der Waals surface area contributed by atoms with E-state index in [0.29, 0.717) is 17.5 Å². The van der Waals surface area contributed by atoms with Gasteiger partial charge < -0.3 is 4.57 Å². The normalized spacial score (nSPS) is 11.4. The fraction of sp³-hybridized carbons (Fsp3) is 0. The molecule has 0 bridgehead atoms. The van der Waals surface area contributed by atoms with Gasteiger partial charge >= 0.3 is 0 Å². The number of hydrogen-bond acceptors (Lipinski definition) is 3. The van der Waals surface area contributed by atoms with Crippen LogP contribution in [0.2, 0.25) is 0 Å². The highest BCUT2D eigenvalue weighted by Gasteiger charge is 2.20. The van der Waals surface area contributed by atoms with Gasteiger partial charge in [-0.05, 0) is 68.9 Å². The molecule has 0 spiro atoms. The van der Waals surface area contributed by atoms with E-state index in [1.54, 1.807) is 0 Å². The van der Waals surface area contributed by atoms with Gasteiger partial charge in [-0.2, -0.15) is 0 Å². The molecular formula is C55H36N4. The molecule has 11 rings (SSSR count). The van der Waals surface area contributed by atoms with Gasteiger partial charge in [-0.3, -0.25) is 0 Å². The first-order chi connectivity index (χ1) is 29.2. The maximum absolute atomic E-state index is 5.32. The summed E-state index contributed by atoms with van der Waals surface area (Å²) in [6, 6.07) is 77.0. The zero-order valence-electron chi connectivity index (χ0n) is 32.1. The summed E-state index contributed by atoms with van der Waals surface area (Å²) in [4.78, 5) is 15.8. The van der Waals surface area contributed by atoms with Crippen LogP contribution in [-0.2, 0) is 0 Å². The van der Waals surface area contributed by atoms with E-state index in [0.717, 1.165) is 61.1 Å². The maximum atomic E-state index is 5.32. The third-order valence-corrected chi connectivity index (χ3v) is 11.3. The molecule has 0 fully saturated rings. The molecule has 0 aliphatic heterocycles. The lowest BCUT2D eigenvalue weighted by molar-refractivity contribution is 1.07. The molecule has 4 nitrogen and oxygen atoms in total. The summed E-state index contributed by atoms with van der Waals surface area (Å²) < 4.78 is 2.40. The fourth-order valence-electron chi connectivity index (χ4n) is 8.41. The lowest BCUT2D eigenvalue weighted by Crippen LogP contribution is -2.03. The number of nitrogens with zero attached hydrogens (tertiary/aromatic N) is 4. The molecule has 0 atom stereocenters. The van der Waals surface area contributed by atoms with Crippen molar-refractivity contribution in [2.75, 3.05) is 0 Å². The Balaban J connectivity index is 1.17. The third-order valence-electron chi connectivity index (χ3n) is 11.3. The molecule has 0 aliphatic carbocycles. The van der Waals surface area contributed by atoms with Crippen molar-refractivity contribution in [3.63, 3.8) is 0 Å². The number of rotatable bonds is 7. The Morgan fingerprint density at radius 3 is 1.53 bits per heavy atom. The highest BCUT2D eigenvalue weighted by Crippen LogP contribution is 2.40. The largest absolute Gasteiger partial charge is 0.309 e. The molecule has 0 N–H and O–H groups in total. The van der Waals surface area contributed by atoms with E-state index >= 15 is 0 Å². The average Bonchev–Trinajstić information content (AvgIpc) is 3.66. The molecular weight excluding hydrogens is 717 g/mol. The van der Waals surface area contributed by atoms with E-state index in [-0.39, 0.29) is 0 Å². The Labute approximate surface area is 342 Å². The zero-order chi connectivity index (χ0) is 39.1. The Morgan fingerprint density at radius 2 is 0.797 bits per heavy atom. The molecule has 2 aromatic heterocycles. The van der Waals surface area contributed by atoms with Gasteiger partial charge in [0.15, 0.2) is 17.5 Å². The minimum absolute atomic E-state index is 0.604. The molecule has 11 aromatic rings. The van der Waals surface area contributed by atoms with E-state index in [2.05, 4.69) is 217 Å². The van der Waals surface area contributed by atoms with E-state index in [1.165, 1.54) is 27.3 Å². The SMILES string of the molecule is c1ccc(-c2cccc(-c3ccc(-c4nc(-c5ccc6ccccc6c5)nc(-c5ccccc5-c5ccccc5)n4)cc3-n3c4ccccc4c4ccccc43)c2)cc1. The first kappa shape index (κ1) is 34.3. The van der Waals surface area contributed by atoms with Crippen molar-refractivity contribution < 1.29 is 0 Å². The predicted octanol–water partition coefficient (Wildman–Crippen LogP) is 14.1. The lowest BCUT2D eigenvalue weighted by atomic mass is 9.96. The third kappa shape index (κ3) is 6.24. The highest BCUT2D eigenvalue weighted by atomic mass is 15.0. The van der Waals surface area contributed by atoms with Gasteiger partial charge in [0.25, 0.3) is 0 Å². The Hall–Kier alpha value is -7.95. The van der Waals surface area contributed by atoms with Crippen LogP contribution in [-0.4, -0.2) is 19.5 Å². The Morgan fingerprint density at radius 1 is 0.271 bits per heavy atom. The van der Waals surface area contributed by atoms with Crippen molar-refractivity contribution in [1.82, 2.24) is 19.5 Å². The zero-order valence-corrected chi connectivity index (χ0v) is 32.1. The van der Waals surface area contributed by atoms with Crippen LogP contribution in [0.3, 0.4) is 0 Å². The number of benzene rings is 9. The van der Waals surface area contributed by atoms with Crippen molar-refractivity contribution in [2.45, 2.75) is 0 Å². The predicted molar refractivity (Wildman–Crippen MR) is 244 cm³/mol. The summed E-state index contributed by atoms with van der Waals surface area (Å²) >= 11 is 0. The minimum Gasteiger partial charge on any atom is -0.309 e. The molecule has 0 aliphatic rings. The molecule has 59 heavy (non-hydrogen) atoms. The van der Waals surface area contributed by atoms with Gasteiger partial charge in [0.1, 0.15) is 0 Å². The monoisotopic (exact) mass is 752 g/mol. The van der Waals surface area contributed by atoms with Crippen LogP contribution in [0.4, 0.5) is 0 Å². The fourth-order valence-corrected chi connectivity index (χ4v) is 8.41. The van der Waals surface area contributed by atoms with Crippen molar-refractivity contribution in [2.24, 2.45) is 0 Å². The van der Waals surface area contributed by atoms with Crippen LogP contribution < -0.4 is 0 Å². The molecule has 276 valence electrons. The topological polar surface area (TPSA) is 43.6 Å². The molecule has 0 amide bonds. The molecule has 0 radical (unpaired) electrons. The number of para-hydroxylation sites is 2. The Kier molecular flexibility index (Phi) is 8.45. The summed E-state index contributed by atoms with van der Waals surface area (Å²) in [5.74, 6) is 1.85. The molecule has 0 unspecified atom stereocenters. The van der Waals surface area contributed by atoms with Gasteiger partial charge in [0, 0.05) is 33.0 Å². The Bertz CT molecular complexity index is 3280. The second-order valence-corrected chi connectivity index (χ2v) is 14.8. The molecule has 0 saturated carbocycles. The van der Waals surface area contributed by atoms with Crippen LogP contribution in [0.15, 0.2) is 218 Å². The summed E-state index contributed by atoms with van der Waals surface area (Å²) in [6.07, 6.45) is 0. The highest BCUT2D eigenvalue weighted by molar-refractivity contribution is 6.10. The van der Waals surface area contributed by atoms with Crippen molar-refractivity contribution in [1.29, 1.82) is 0 Å². The molecule has 9 aromatic carbocycles. The second-order valence-electron chi connectivity index (χ2n) is 14.8. The van der Waals surface area contributed by atoms with Gasteiger partial charge in [0.2, 0.25) is 0 Å². The number of fused-ring (bicyclic) bond motifs is 4. The number of aromatic nitrogens is 4. The van der Waals surface area contributed by atoms with Gasteiger partial charge in [-0.15, -0.1) is 0 Å². The van der Waals surface area contributed by atoms with Gasteiger partial charge in [-0.25, -0.2) is 15.0 Å². The maximum Gasteiger partial charge on any atom is 0.164 e. The van der Waals surface area contributed by atoms with E-state index in [9.17, 15) is 0 Å². The van der Waals surface area contributed by atoms with Gasteiger partial charge in [-0.1, -0.05) is 188 Å². The van der Waals surface area contributed by atoms with Crippen LogP contribution in [0.1, 0.15) is 0 Å². The smallest absolute Gasteiger partial charge is 0.164 e. The van der Waals surface area contributed by atoms with Crippen LogP contribution in [0.5, 0.6) is 0 Å². The summed E-state index contributed by atoms with van der Waals surface area (Å²) in [6.45, 7) is 0. The quantitative estimate of drug-likeness (QED) is 0.163. The number of hydrogen-bond donors (Lipinski definition) is 0. The van der Waals surface area contributed by atoms with Gasteiger partial charge in [0.05, 0.1) is 16.7 Å². The van der Waals surface area contributed by atoms with E-state index in [4.69, 9.17) is 15.0 Å². The van der Waals surface area contributed by atoms with Crippen molar-refractivity contribution in [3.05, 3.63) is 218 Å². The van der Waals surface area contributed by atoms with Crippen molar-refractivity contribution in [3.8, 4) is 73.2 Å². The van der Waals surface area contributed by atoms with Crippen LogP contribution in [0.25, 0.3) is 106 Å². The second kappa shape index (κ2) is 14.5. The average molecular weight is 753 g/mol. The minimum atomic E-state index is 0.604. The first-order valence-corrected chi connectivity index (χ1v) is 19.9. The van der Waals surface area contributed by atoms with Crippen LogP contribution in [0, 0.1) is 0 Å². The first-order valence-electron chi connectivity index (χ1n) is 19.9. The summed E-state index contributed by atoms with van der Waals surface area (Å²) in [5, 5.41) is 4.71.